The molecule has 1 saturated heterocycles. The number of sulfonamides is 1. The Hall–Kier alpha value is -0.430. The molecular formula is C16H25BrN2O2S. The zero-order valence-electron chi connectivity index (χ0n) is 13.1. The fourth-order valence-electron chi connectivity index (χ4n) is 2.75. The van der Waals surface area contributed by atoms with Gasteiger partial charge in [-0.2, -0.15) is 0 Å². The molecule has 2 rings (SSSR count). The second-order valence-electron chi connectivity index (χ2n) is 5.88. The summed E-state index contributed by atoms with van der Waals surface area (Å²) in [7, 11) is -3.41. The molecule has 1 N–H and O–H groups in total. The molecule has 0 spiro atoms. The number of hydrogen-bond acceptors (Lipinski definition) is 3. The minimum Gasteiger partial charge on any atom is -0.299 e. The first-order valence-corrected chi connectivity index (χ1v) is 10.5. The molecule has 1 unspecified atom stereocenters. The van der Waals surface area contributed by atoms with Gasteiger partial charge in [-0.25, -0.2) is 13.1 Å². The van der Waals surface area contributed by atoms with E-state index >= 15 is 0 Å². The molecule has 1 fully saturated rings. The molecular weight excluding hydrogens is 364 g/mol. The number of hydrogen-bond donors (Lipinski definition) is 1. The molecule has 0 saturated carbocycles. The number of nitrogens with one attached hydrogen (secondary N) is 1. The summed E-state index contributed by atoms with van der Waals surface area (Å²) in [4.78, 5) is 2.71. The molecule has 0 aromatic heterocycles. The van der Waals surface area contributed by atoms with Crippen LogP contribution in [0.3, 0.4) is 0 Å². The maximum absolute atomic E-state index is 12.3. The van der Waals surface area contributed by atoms with E-state index in [2.05, 4.69) is 32.5 Å². The number of nitrogens with zero attached hydrogens (tertiary/aromatic N) is 1. The fraction of sp³-hybridized carbons (Fsp3) is 0.625. The van der Waals surface area contributed by atoms with E-state index in [9.17, 15) is 8.42 Å². The molecule has 1 aromatic rings. The topological polar surface area (TPSA) is 49.4 Å². The lowest BCUT2D eigenvalue weighted by Gasteiger charge is -2.32. The van der Waals surface area contributed by atoms with Gasteiger partial charge in [-0.05, 0) is 57.0 Å². The van der Waals surface area contributed by atoms with Gasteiger partial charge >= 0.3 is 0 Å². The van der Waals surface area contributed by atoms with Crippen molar-refractivity contribution in [2.75, 3.05) is 25.0 Å². The fourth-order valence-corrected chi connectivity index (χ4v) is 4.33. The molecule has 4 nitrogen and oxygen atoms in total. The van der Waals surface area contributed by atoms with Gasteiger partial charge in [0.25, 0.3) is 0 Å². The first-order chi connectivity index (χ1) is 10.5. The summed E-state index contributed by atoms with van der Waals surface area (Å²) in [5.41, 5.74) is 1.14. The van der Waals surface area contributed by atoms with Gasteiger partial charge in [0.2, 0.25) is 10.0 Å². The normalized spacial score (nSPS) is 18.3. The van der Waals surface area contributed by atoms with Gasteiger partial charge in [0.15, 0.2) is 0 Å². The van der Waals surface area contributed by atoms with Crippen molar-refractivity contribution in [3.05, 3.63) is 29.8 Å². The lowest BCUT2D eigenvalue weighted by atomic mass is 10.1. The van der Waals surface area contributed by atoms with Crippen molar-refractivity contribution in [1.82, 2.24) is 9.62 Å². The maximum atomic E-state index is 12.3. The Morgan fingerprint density at radius 3 is 2.41 bits per heavy atom. The highest BCUT2D eigenvalue weighted by molar-refractivity contribution is 9.09. The Morgan fingerprint density at radius 1 is 1.18 bits per heavy atom. The lowest BCUT2D eigenvalue weighted by Crippen LogP contribution is -2.44. The molecule has 0 aliphatic carbocycles. The smallest absolute Gasteiger partial charge is 0.240 e. The number of alkyl halides is 1. The van der Waals surface area contributed by atoms with Crippen molar-refractivity contribution in [3.8, 4) is 0 Å². The van der Waals surface area contributed by atoms with Crippen LogP contribution in [0, 0.1) is 0 Å². The number of likely N-dealkylation sites (tertiary alicyclic amines) is 1. The van der Waals surface area contributed by atoms with Crippen LogP contribution in [0.2, 0.25) is 0 Å². The summed E-state index contributed by atoms with van der Waals surface area (Å²) in [5, 5.41) is 0.880. The maximum Gasteiger partial charge on any atom is 0.240 e. The molecule has 0 amide bonds. The highest BCUT2D eigenvalue weighted by atomic mass is 79.9. The zero-order chi connectivity index (χ0) is 16.0. The minimum absolute atomic E-state index is 0.239. The number of halogens is 1. The van der Waals surface area contributed by atoms with Gasteiger partial charge in [0.1, 0.15) is 0 Å². The van der Waals surface area contributed by atoms with Crippen molar-refractivity contribution in [2.24, 2.45) is 0 Å². The first-order valence-electron chi connectivity index (χ1n) is 7.91. The van der Waals surface area contributed by atoms with Crippen LogP contribution in [0.1, 0.15) is 31.7 Å². The standard InChI is InChI=1S/C16H25BrN2O2S/c1-14(19-11-3-2-4-12-19)13-18-22(20,21)16-7-5-15(6-8-16)9-10-17/h5-8,14,18H,2-4,9-13H2,1H3. The monoisotopic (exact) mass is 388 g/mol. The van der Waals surface area contributed by atoms with Crippen LogP contribution in [0.5, 0.6) is 0 Å². The van der Waals surface area contributed by atoms with Crippen molar-refractivity contribution >= 4 is 26.0 Å². The second kappa shape index (κ2) is 8.43. The van der Waals surface area contributed by atoms with E-state index in [1.54, 1.807) is 12.1 Å². The van der Waals surface area contributed by atoms with Crippen molar-refractivity contribution in [1.29, 1.82) is 0 Å². The highest BCUT2D eigenvalue weighted by Crippen LogP contribution is 2.14. The summed E-state index contributed by atoms with van der Waals surface area (Å²) in [6.45, 7) is 4.70. The third kappa shape index (κ3) is 5.05. The summed E-state index contributed by atoms with van der Waals surface area (Å²) < 4.78 is 27.4. The van der Waals surface area contributed by atoms with Gasteiger partial charge in [-0.1, -0.05) is 34.5 Å². The van der Waals surface area contributed by atoms with Crippen LogP contribution in [-0.2, 0) is 16.4 Å². The number of rotatable bonds is 7. The van der Waals surface area contributed by atoms with Crippen LogP contribution in [0.15, 0.2) is 29.2 Å². The van der Waals surface area contributed by atoms with Gasteiger partial charge < -0.3 is 0 Å². The van der Waals surface area contributed by atoms with Gasteiger partial charge in [0.05, 0.1) is 4.90 Å². The van der Waals surface area contributed by atoms with Gasteiger partial charge in [0, 0.05) is 17.9 Å². The summed E-state index contributed by atoms with van der Waals surface area (Å²) >= 11 is 3.39. The number of aryl methyl sites for hydroxylation is 1. The molecule has 1 aliphatic heterocycles. The zero-order valence-corrected chi connectivity index (χ0v) is 15.5. The third-order valence-corrected chi connectivity index (χ3v) is 6.04. The molecule has 6 heteroatoms. The number of benzene rings is 1. The predicted molar refractivity (Wildman–Crippen MR) is 94.0 cm³/mol. The lowest BCUT2D eigenvalue weighted by molar-refractivity contribution is 0.175. The highest BCUT2D eigenvalue weighted by Gasteiger charge is 2.20. The van der Waals surface area contributed by atoms with Crippen LogP contribution in [0.4, 0.5) is 0 Å². The summed E-state index contributed by atoms with van der Waals surface area (Å²) in [6.07, 6.45) is 4.62. The quantitative estimate of drug-likeness (QED) is 0.730. The predicted octanol–water partition coefficient (Wildman–Crippen LogP) is 2.78. The Bertz CT molecular complexity index is 554. The first kappa shape index (κ1) is 17.9. The van der Waals surface area contributed by atoms with E-state index in [0.29, 0.717) is 11.4 Å². The Labute approximate surface area is 142 Å². The van der Waals surface area contributed by atoms with Crippen LogP contribution in [0.25, 0.3) is 0 Å². The largest absolute Gasteiger partial charge is 0.299 e. The van der Waals surface area contributed by atoms with E-state index < -0.39 is 10.0 Å². The number of piperidine rings is 1. The van der Waals surface area contributed by atoms with Gasteiger partial charge in [-0.3, -0.25) is 4.90 Å². The Morgan fingerprint density at radius 2 is 1.82 bits per heavy atom. The molecule has 1 aromatic carbocycles. The van der Waals surface area contributed by atoms with Crippen molar-refractivity contribution < 1.29 is 8.42 Å². The van der Waals surface area contributed by atoms with Crippen molar-refractivity contribution in [2.45, 2.75) is 43.5 Å². The summed E-state index contributed by atoms with van der Waals surface area (Å²) in [6, 6.07) is 7.37. The minimum atomic E-state index is -3.41. The Kier molecular flexibility index (Phi) is 6.87. The molecule has 1 aliphatic rings. The van der Waals surface area contributed by atoms with E-state index in [0.717, 1.165) is 30.4 Å². The average Bonchev–Trinajstić information content (AvgIpc) is 2.54. The molecule has 1 heterocycles. The Balaban J connectivity index is 1.92. The SMILES string of the molecule is CC(CNS(=O)(=O)c1ccc(CCBr)cc1)N1CCCCC1. The van der Waals surface area contributed by atoms with E-state index in [1.807, 2.05) is 12.1 Å². The molecule has 0 radical (unpaired) electrons. The van der Waals surface area contributed by atoms with E-state index in [1.165, 1.54) is 19.3 Å². The second-order valence-corrected chi connectivity index (χ2v) is 8.44. The van der Waals surface area contributed by atoms with E-state index in [-0.39, 0.29) is 6.04 Å². The van der Waals surface area contributed by atoms with Gasteiger partial charge in [-0.15, -0.1) is 0 Å². The summed E-state index contributed by atoms with van der Waals surface area (Å²) in [5.74, 6) is 0. The van der Waals surface area contributed by atoms with E-state index in [4.69, 9.17) is 0 Å². The van der Waals surface area contributed by atoms with Crippen LogP contribution < -0.4 is 4.72 Å². The molecule has 124 valence electrons. The molecule has 22 heavy (non-hydrogen) atoms. The van der Waals surface area contributed by atoms with Crippen molar-refractivity contribution in [3.63, 3.8) is 0 Å². The average molecular weight is 389 g/mol. The van der Waals surface area contributed by atoms with Crippen LogP contribution in [-0.4, -0.2) is 44.3 Å². The van der Waals surface area contributed by atoms with Crippen LogP contribution >= 0.6 is 15.9 Å². The molecule has 1 atom stereocenters. The molecule has 0 bridgehead atoms. The third-order valence-electron chi connectivity index (χ3n) is 4.20.